The van der Waals surface area contributed by atoms with E-state index in [1.165, 1.54) is 0 Å². The van der Waals surface area contributed by atoms with Crippen molar-refractivity contribution < 1.29 is 22.1 Å². The first-order valence-corrected chi connectivity index (χ1v) is 5.76. The van der Waals surface area contributed by atoms with Crippen molar-refractivity contribution in [3.8, 4) is 0 Å². The lowest BCUT2D eigenvalue weighted by atomic mass is 10.6. The first-order valence-electron chi connectivity index (χ1n) is 4.18. The van der Waals surface area contributed by atoms with Gasteiger partial charge in [0.2, 0.25) is 0 Å². The third-order valence-electron chi connectivity index (χ3n) is 1.21. The molecule has 0 saturated carbocycles. The summed E-state index contributed by atoms with van der Waals surface area (Å²) in [6.07, 6.45) is 1.50. The highest BCUT2D eigenvalue weighted by Gasteiger charge is 2.09. The van der Waals surface area contributed by atoms with Gasteiger partial charge in [0.1, 0.15) is 13.2 Å². The van der Waals surface area contributed by atoms with Crippen molar-refractivity contribution in [2.24, 2.45) is 0 Å². The van der Waals surface area contributed by atoms with Crippen molar-refractivity contribution in [3.05, 3.63) is 12.7 Å². The molecule has 14 heavy (non-hydrogen) atoms. The van der Waals surface area contributed by atoms with E-state index in [-0.39, 0.29) is 19.0 Å². The molecule has 5 nitrogen and oxygen atoms in total. The molecule has 0 heterocycles. The molecule has 0 N–H and O–H groups in total. The summed E-state index contributed by atoms with van der Waals surface area (Å²) in [4.78, 5) is 10.5. The average Bonchev–Trinajstić information content (AvgIpc) is 2.12. The molecule has 0 fully saturated rings. The Morgan fingerprint density at radius 2 is 2.07 bits per heavy atom. The summed E-state index contributed by atoms with van der Waals surface area (Å²) in [6, 6.07) is 0. The van der Waals surface area contributed by atoms with Gasteiger partial charge < -0.3 is 4.74 Å². The molecule has 82 valence electrons. The van der Waals surface area contributed by atoms with E-state index in [0.717, 1.165) is 6.08 Å². The number of esters is 1. The van der Waals surface area contributed by atoms with Gasteiger partial charge in [0.05, 0.1) is 5.75 Å². The highest BCUT2D eigenvalue weighted by atomic mass is 32.2. The molecule has 0 aromatic carbocycles. The van der Waals surface area contributed by atoms with Crippen molar-refractivity contribution in [2.75, 3.05) is 19.0 Å². The molecule has 0 aliphatic rings. The van der Waals surface area contributed by atoms with E-state index >= 15 is 0 Å². The van der Waals surface area contributed by atoms with Gasteiger partial charge in [-0.2, -0.15) is 8.42 Å². The smallest absolute Gasteiger partial charge is 0.330 e. The molecule has 0 unspecified atom stereocenters. The second-order valence-corrected chi connectivity index (χ2v) is 4.21. The lowest BCUT2D eigenvalue weighted by Crippen LogP contribution is -2.15. The highest BCUT2D eigenvalue weighted by molar-refractivity contribution is 7.86. The molecule has 0 amide bonds. The number of carbonyl (C=O) groups excluding carboxylic acids is 1. The van der Waals surface area contributed by atoms with Crippen molar-refractivity contribution >= 4 is 16.1 Å². The first kappa shape index (κ1) is 13.1. The van der Waals surface area contributed by atoms with Gasteiger partial charge in [-0.25, -0.2) is 4.79 Å². The monoisotopic (exact) mass is 222 g/mol. The SMILES string of the molecule is C=CC(=O)OCCOS(=O)(=O)CCC. The largest absolute Gasteiger partial charge is 0.460 e. The lowest BCUT2D eigenvalue weighted by molar-refractivity contribution is -0.138. The molecule has 0 aliphatic carbocycles. The predicted molar refractivity (Wildman–Crippen MR) is 51.2 cm³/mol. The molecule has 6 heteroatoms. The minimum atomic E-state index is -3.45. The molecule has 0 aromatic heterocycles. The van der Waals surface area contributed by atoms with Crippen molar-refractivity contribution in [2.45, 2.75) is 13.3 Å². The fourth-order valence-electron chi connectivity index (χ4n) is 0.671. The number of hydrogen-bond donors (Lipinski definition) is 0. The van der Waals surface area contributed by atoms with E-state index in [1.54, 1.807) is 6.92 Å². The summed E-state index contributed by atoms with van der Waals surface area (Å²) in [5.41, 5.74) is 0. The lowest BCUT2D eigenvalue weighted by Gasteiger charge is -2.04. The Labute approximate surface area is 83.8 Å². The van der Waals surface area contributed by atoms with Crippen LogP contribution in [0.1, 0.15) is 13.3 Å². The van der Waals surface area contributed by atoms with Crippen LogP contribution in [0, 0.1) is 0 Å². The van der Waals surface area contributed by atoms with Crippen molar-refractivity contribution in [3.63, 3.8) is 0 Å². The normalized spacial score (nSPS) is 10.9. The van der Waals surface area contributed by atoms with Gasteiger partial charge in [-0.3, -0.25) is 4.18 Å². The Morgan fingerprint density at radius 1 is 1.43 bits per heavy atom. The van der Waals surface area contributed by atoms with Crippen LogP contribution >= 0.6 is 0 Å². The zero-order valence-corrected chi connectivity index (χ0v) is 8.88. The van der Waals surface area contributed by atoms with Crippen LogP contribution in [0.2, 0.25) is 0 Å². The van der Waals surface area contributed by atoms with E-state index in [1.807, 2.05) is 0 Å². The number of rotatable bonds is 7. The summed E-state index contributed by atoms with van der Waals surface area (Å²) in [7, 11) is -3.45. The zero-order chi connectivity index (χ0) is 11.0. The Kier molecular flexibility index (Phi) is 6.14. The van der Waals surface area contributed by atoms with Crippen LogP contribution in [-0.4, -0.2) is 33.4 Å². The molecule has 0 bridgehead atoms. The Morgan fingerprint density at radius 3 is 2.57 bits per heavy atom. The van der Waals surface area contributed by atoms with E-state index in [4.69, 9.17) is 0 Å². The molecule has 0 saturated heterocycles. The second-order valence-electron chi connectivity index (χ2n) is 2.46. The first-order chi connectivity index (χ1) is 6.52. The van der Waals surface area contributed by atoms with E-state index in [0.29, 0.717) is 6.42 Å². The van der Waals surface area contributed by atoms with Gasteiger partial charge in [-0.1, -0.05) is 13.5 Å². The molecule has 0 atom stereocenters. The van der Waals surface area contributed by atoms with Crippen LogP contribution in [0.4, 0.5) is 0 Å². The molecule has 0 aliphatic heterocycles. The topological polar surface area (TPSA) is 69.7 Å². The van der Waals surface area contributed by atoms with Gasteiger partial charge in [0, 0.05) is 6.08 Å². The standard InChI is InChI=1S/C8H14O5S/c1-3-7-14(10,11)13-6-5-12-8(9)4-2/h4H,2-3,5-7H2,1H3. The molecular formula is C8H14O5S. The molecular weight excluding hydrogens is 208 g/mol. The van der Waals surface area contributed by atoms with Crippen LogP contribution < -0.4 is 0 Å². The van der Waals surface area contributed by atoms with Crippen LogP contribution in [0.3, 0.4) is 0 Å². The number of ether oxygens (including phenoxy) is 1. The molecule has 0 radical (unpaired) electrons. The maximum Gasteiger partial charge on any atom is 0.330 e. The average molecular weight is 222 g/mol. The molecule has 0 spiro atoms. The van der Waals surface area contributed by atoms with Crippen LogP contribution in [0.25, 0.3) is 0 Å². The summed E-state index contributed by atoms with van der Waals surface area (Å²) in [5.74, 6) is -0.621. The maximum atomic E-state index is 11.0. The maximum absolute atomic E-state index is 11.0. The number of carbonyl (C=O) groups is 1. The Balaban J connectivity index is 3.64. The van der Waals surface area contributed by atoms with Crippen molar-refractivity contribution in [1.82, 2.24) is 0 Å². The quantitative estimate of drug-likeness (QED) is 0.271. The van der Waals surface area contributed by atoms with Gasteiger partial charge in [-0.15, -0.1) is 0 Å². The van der Waals surface area contributed by atoms with E-state index in [9.17, 15) is 13.2 Å². The third-order valence-corrected chi connectivity index (χ3v) is 2.65. The fraction of sp³-hybridized carbons (Fsp3) is 0.625. The van der Waals surface area contributed by atoms with Gasteiger partial charge >= 0.3 is 5.97 Å². The van der Waals surface area contributed by atoms with Gasteiger partial charge in [0.15, 0.2) is 0 Å². The third kappa shape index (κ3) is 6.62. The second kappa shape index (κ2) is 6.56. The van der Waals surface area contributed by atoms with Crippen LogP contribution in [0.15, 0.2) is 12.7 Å². The van der Waals surface area contributed by atoms with Gasteiger partial charge in [-0.05, 0) is 6.42 Å². The van der Waals surface area contributed by atoms with Crippen molar-refractivity contribution in [1.29, 1.82) is 0 Å². The zero-order valence-electron chi connectivity index (χ0n) is 8.06. The summed E-state index contributed by atoms with van der Waals surface area (Å²) >= 11 is 0. The Bertz CT molecular complexity index is 280. The minimum Gasteiger partial charge on any atom is -0.460 e. The summed E-state index contributed by atoms with van der Waals surface area (Å²) in [5, 5.41) is 0. The fourth-order valence-corrected chi connectivity index (χ4v) is 1.61. The van der Waals surface area contributed by atoms with Gasteiger partial charge in [0.25, 0.3) is 10.1 Å². The summed E-state index contributed by atoms with van der Waals surface area (Å²) < 4.78 is 31.0. The molecule has 0 rings (SSSR count). The minimum absolute atomic E-state index is 0.0254. The van der Waals surface area contributed by atoms with E-state index < -0.39 is 16.1 Å². The highest BCUT2D eigenvalue weighted by Crippen LogP contribution is 1.95. The summed E-state index contributed by atoms with van der Waals surface area (Å²) in [6.45, 7) is 4.68. The van der Waals surface area contributed by atoms with E-state index in [2.05, 4.69) is 15.5 Å². The van der Waals surface area contributed by atoms with Crippen LogP contribution in [-0.2, 0) is 23.8 Å². The number of hydrogen-bond acceptors (Lipinski definition) is 5. The molecule has 0 aromatic rings. The predicted octanol–water partition coefficient (Wildman–Crippen LogP) is 0.472. The Hall–Kier alpha value is -0.880. The van der Waals surface area contributed by atoms with Crippen LogP contribution in [0.5, 0.6) is 0 Å².